The van der Waals surface area contributed by atoms with Gasteiger partial charge >= 0.3 is 0 Å². The quantitative estimate of drug-likeness (QED) is 0.347. The number of anilines is 1. The number of carbonyl (C=O) groups is 1. The predicted octanol–water partition coefficient (Wildman–Crippen LogP) is 4.61. The fraction of sp³-hybridized carbons (Fsp3) is 0.154. The third-order valence-corrected chi connectivity index (χ3v) is 6.02. The molecule has 2 aromatic carbocycles. The number of aromatic amines is 1. The summed E-state index contributed by atoms with van der Waals surface area (Å²) in [6.45, 7) is 3.76. The molecule has 0 atom stereocenters. The van der Waals surface area contributed by atoms with E-state index in [1.165, 1.54) is 0 Å². The Kier molecular flexibility index (Phi) is 5.44. The van der Waals surface area contributed by atoms with Gasteiger partial charge in [-0.15, -0.1) is 0 Å². The molecule has 176 valence electrons. The highest BCUT2D eigenvalue weighted by atomic mass is 16.5. The highest BCUT2D eigenvalue weighted by molar-refractivity contribution is 6.06. The number of ether oxygens (including phenoxy) is 1. The number of nitrogens with zero attached hydrogens (tertiary/aromatic N) is 4. The Labute approximate surface area is 201 Å². The number of rotatable bonds is 5. The van der Waals surface area contributed by atoms with Gasteiger partial charge in [0.1, 0.15) is 11.6 Å². The van der Waals surface area contributed by atoms with E-state index in [2.05, 4.69) is 25.4 Å². The number of imidazole rings is 1. The lowest BCUT2D eigenvalue weighted by Crippen LogP contribution is -2.13. The first-order chi connectivity index (χ1) is 16.9. The minimum Gasteiger partial charge on any atom is -0.507 e. The summed E-state index contributed by atoms with van der Waals surface area (Å²) in [5.74, 6) is 0.808. The number of nitrogens with one attached hydrogen (secondary N) is 2. The van der Waals surface area contributed by atoms with Crippen molar-refractivity contribution in [3.63, 3.8) is 0 Å². The van der Waals surface area contributed by atoms with Crippen molar-refractivity contribution in [3.05, 3.63) is 71.7 Å². The second kappa shape index (κ2) is 8.60. The largest absolute Gasteiger partial charge is 0.507 e. The van der Waals surface area contributed by atoms with Crippen LogP contribution in [0.5, 0.6) is 11.6 Å². The number of aromatic hydroxyl groups is 1. The topological polar surface area (TPSA) is 118 Å². The first-order valence-electron chi connectivity index (χ1n) is 11.0. The van der Waals surface area contributed by atoms with E-state index in [1.807, 2.05) is 39.1 Å². The lowest BCUT2D eigenvalue weighted by molar-refractivity contribution is 0.102. The van der Waals surface area contributed by atoms with Crippen LogP contribution < -0.4 is 10.1 Å². The molecule has 0 spiro atoms. The number of carbonyl (C=O) groups excluding carboxylic acids is 1. The van der Waals surface area contributed by atoms with E-state index in [1.54, 1.807) is 48.3 Å². The van der Waals surface area contributed by atoms with E-state index >= 15 is 0 Å². The van der Waals surface area contributed by atoms with Crippen molar-refractivity contribution >= 4 is 22.6 Å². The predicted molar refractivity (Wildman–Crippen MR) is 134 cm³/mol. The van der Waals surface area contributed by atoms with Gasteiger partial charge in [0.05, 0.1) is 40.8 Å². The molecular formula is C26H24N6O3. The Morgan fingerprint density at radius 3 is 2.69 bits per heavy atom. The number of phenolic OH excluding ortho intramolecular Hbond substituents is 1. The number of aryl methyl sites for hydroxylation is 2. The van der Waals surface area contributed by atoms with Gasteiger partial charge in [-0.3, -0.25) is 9.48 Å². The van der Waals surface area contributed by atoms with Gasteiger partial charge in [-0.05, 0) is 61.9 Å². The molecule has 9 heteroatoms. The zero-order valence-electron chi connectivity index (χ0n) is 19.7. The van der Waals surface area contributed by atoms with Crippen LogP contribution in [0.25, 0.3) is 33.5 Å². The Balaban J connectivity index is 1.49. The van der Waals surface area contributed by atoms with Crippen molar-refractivity contribution in [1.29, 1.82) is 0 Å². The molecule has 5 rings (SSSR count). The second-order valence-electron chi connectivity index (χ2n) is 8.23. The smallest absolute Gasteiger partial charge is 0.255 e. The molecule has 5 aromatic rings. The third-order valence-electron chi connectivity index (χ3n) is 6.02. The van der Waals surface area contributed by atoms with Gasteiger partial charge in [-0.25, -0.2) is 9.97 Å². The molecule has 1 amide bonds. The number of amides is 1. The third kappa shape index (κ3) is 3.97. The van der Waals surface area contributed by atoms with Crippen LogP contribution in [0, 0.1) is 13.8 Å². The zero-order chi connectivity index (χ0) is 24.7. The van der Waals surface area contributed by atoms with Crippen LogP contribution in [-0.2, 0) is 7.05 Å². The summed E-state index contributed by atoms with van der Waals surface area (Å²) in [5.41, 5.74) is 6.30. The van der Waals surface area contributed by atoms with Gasteiger partial charge in [0.15, 0.2) is 0 Å². The Morgan fingerprint density at radius 1 is 1.11 bits per heavy atom. The number of hydrogen-bond donors (Lipinski definition) is 3. The summed E-state index contributed by atoms with van der Waals surface area (Å²) in [5, 5.41) is 17.9. The average molecular weight is 469 g/mol. The molecule has 0 saturated carbocycles. The fourth-order valence-corrected chi connectivity index (χ4v) is 4.08. The van der Waals surface area contributed by atoms with Crippen LogP contribution in [0.1, 0.15) is 21.7 Å². The maximum absolute atomic E-state index is 12.9. The first kappa shape index (κ1) is 22.1. The summed E-state index contributed by atoms with van der Waals surface area (Å²) in [6.07, 6.45) is 1.66. The molecule has 35 heavy (non-hydrogen) atoms. The van der Waals surface area contributed by atoms with Crippen molar-refractivity contribution < 1.29 is 14.6 Å². The van der Waals surface area contributed by atoms with Crippen molar-refractivity contribution in [3.8, 4) is 34.1 Å². The van der Waals surface area contributed by atoms with Crippen LogP contribution in [0.2, 0.25) is 0 Å². The van der Waals surface area contributed by atoms with Gasteiger partial charge in [-0.2, -0.15) is 5.10 Å². The Morgan fingerprint density at radius 2 is 1.94 bits per heavy atom. The highest BCUT2D eigenvalue weighted by Gasteiger charge is 2.17. The molecule has 0 aliphatic heterocycles. The van der Waals surface area contributed by atoms with E-state index in [9.17, 15) is 9.90 Å². The lowest BCUT2D eigenvalue weighted by Gasteiger charge is -2.09. The fourth-order valence-electron chi connectivity index (χ4n) is 4.08. The Hall–Kier alpha value is -4.66. The van der Waals surface area contributed by atoms with E-state index in [-0.39, 0.29) is 11.7 Å². The van der Waals surface area contributed by atoms with Gasteiger partial charge in [0.2, 0.25) is 5.88 Å². The minimum absolute atomic E-state index is 0.0798. The van der Waals surface area contributed by atoms with E-state index in [4.69, 9.17) is 4.74 Å². The van der Waals surface area contributed by atoms with Gasteiger partial charge in [0.25, 0.3) is 5.91 Å². The molecular weight excluding hydrogens is 444 g/mol. The number of methoxy groups -OCH3 is 1. The maximum atomic E-state index is 12.9. The first-order valence-corrected chi connectivity index (χ1v) is 11.0. The summed E-state index contributed by atoms with van der Waals surface area (Å²) in [4.78, 5) is 25.1. The summed E-state index contributed by atoms with van der Waals surface area (Å²) < 4.78 is 7.11. The number of fused-ring (bicyclic) bond motifs is 1. The van der Waals surface area contributed by atoms with Gasteiger partial charge in [0, 0.05) is 24.4 Å². The number of phenols is 1. The molecule has 0 aliphatic rings. The van der Waals surface area contributed by atoms with E-state index in [0.29, 0.717) is 34.0 Å². The summed E-state index contributed by atoms with van der Waals surface area (Å²) in [7, 11) is 3.40. The SMILES string of the molecule is COc1ncccc1-c1ccc(O)c(-c2nc3cc(C(=O)Nc4c(C)nn(C)c4C)ccc3[nH]2)c1. The van der Waals surface area contributed by atoms with E-state index < -0.39 is 0 Å². The summed E-state index contributed by atoms with van der Waals surface area (Å²) in [6, 6.07) is 14.2. The van der Waals surface area contributed by atoms with Crippen molar-refractivity contribution in [2.75, 3.05) is 12.4 Å². The van der Waals surface area contributed by atoms with Crippen LogP contribution in [-0.4, -0.2) is 42.9 Å². The summed E-state index contributed by atoms with van der Waals surface area (Å²) >= 11 is 0. The number of aromatic nitrogens is 5. The molecule has 0 aliphatic carbocycles. The monoisotopic (exact) mass is 468 g/mol. The van der Waals surface area contributed by atoms with Crippen LogP contribution in [0.4, 0.5) is 5.69 Å². The highest BCUT2D eigenvalue weighted by Crippen LogP contribution is 2.35. The number of benzene rings is 2. The van der Waals surface area contributed by atoms with Crippen LogP contribution >= 0.6 is 0 Å². The van der Waals surface area contributed by atoms with Crippen molar-refractivity contribution in [2.45, 2.75) is 13.8 Å². The van der Waals surface area contributed by atoms with Crippen LogP contribution in [0.15, 0.2) is 54.7 Å². The zero-order valence-corrected chi connectivity index (χ0v) is 19.7. The normalized spacial score (nSPS) is 11.1. The average Bonchev–Trinajstić information content (AvgIpc) is 3.39. The number of pyridine rings is 1. The van der Waals surface area contributed by atoms with Crippen molar-refractivity contribution in [1.82, 2.24) is 24.7 Å². The molecule has 3 aromatic heterocycles. The van der Waals surface area contributed by atoms with E-state index in [0.717, 1.165) is 28.0 Å². The Bertz CT molecular complexity index is 1580. The van der Waals surface area contributed by atoms with Crippen LogP contribution in [0.3, 0.4) is 0 Å². The number of H-pyrrole nitrogens is 1. The van der Waals surface area contributed by atoms with Gasteiger partial charge < -0.3 is 20.1 Å². The van der Waals surface area contributed by atoms with Gasteiger partial charge in [-0.1, -0.05) is 6.07 Å². The minimum atomic E-state index is -0.246. The maximum Gasteiger partial charge on any atom is 0.255 e. The molecule has 3 heterocycles. The lowest BCUT2D eigenvalue weighted by atomic mass is 10.0. The van der Waals surface area contributed by atoms with Crippen molar-refractivity contribution in [2.24, 2.45) is 7.05 Å². The molecule has 0 saturated heterocycles. The molecule has 0 unspecified atom stereocenters. The molecule has 9 nitrogen and oxygen atoms in total. The molecule has 0 bridgehead atoms. The molecule has 0 fully saturated rings. The second-order valence-corrected chi connectivity index (χ2v) is 8.23. The standard InChI is InChI=1S/C26H24N6O3/c1-14-23(15(2)32(3)31-14)30-25(34)17-7-9-20-21(13-17)29-24(28-20)19-12-16(8-10-22(19)33)18-6-5-11-27-26(18)35-4/h5-13,33H,1-4H3,(H,28,29)(H,30,34). The molecule has 3 N–H and O–H groups in total. The number of hydrogen-bond acceptors (Lipinski definition) is 6. The molecule has 0 radical (unpaired) electrons.